The van der Waals surface area contributed by atoms with Gasteiger partial charge in [0.1, 0.15) is 17.1 Å². The first-order valence-corrected chi connectivity index (χ1v) is 7.53. The number of nitrogens with zero attached hydrogens (tertiary/aromatic N) is 3. The van der Waals surface area contributed by atoms with Crippen LogP contribution in [0.2, 0.25) is 0 Å². The number of aromatic nitrogens is 4. The van der Waals surface area contributed by atoms with E-state index in [9.17, 15) is 22.8 Å². The first-order chi connectivity index (χ1) is 11.6. The predicted molar refractivity (Wildman–Crippen MR) is 83.1 cm³/mol. The van der Waals surface area contributed by atoms with Crippen molar-refractivity contribution in [3.8, 4) is 0 Å². The van der Waals surface area contributed by atoms with Crippen molar-refractivity contribution in [2.45, 2.75) is 33.5 Å². The fourth-order valence-electron chi connectivity index (χ4n) is 2.28. The van der Waals surface area contributed by atoms with E-state index < -0.39 is 23.3 Å². The Morgan fingerprint density at radius 3 is 2.68 bits per heavy atom. The monoisotopic (exact) mass is 357 g/mol. The Labute approximate surface area is 141 Å². The molecule has 2 N–H and O–H groups in total. The van der Waals surface area contributed by atoms with E-state index in [4.69, 9.17) is 0 Å². The van der Waals surface area contributed by atoms with E-state index >= 15 is 0 Å². The van der Waals surface area contributed by atoms with Crippen LogP contribution in [0.25, 0.3) is 0 Å². The van der Waals surface area contributed by atoms with Gasteiger partial charge in [0.05, 0.1) is 5.69 Å². The summed E-state index contributed by atoms with van der Waals surface area (Å²) < 4.78 is 39.7. The molecule has 2 rings (SSSR count). The molecule has 2 heterocycles. The Morgan fingerprint density at radius 2 is 2.08 bits per heavy atom. The maximum Gasteiger partial charge on any atom is 0.433 e. The third-order valence-electron chi connectivity index (χ3n) is 3.46. The van der Waals surface area contributed by atoms with Crippen molar-refractivity contribution < 1.29 is 18.0 Å². The zero-order valence-electron chi connectivity index (χ0n) is 13.9. The van der Waals surface area contributed by atoms with Gasteiger partial charge in [0.15, 0.2) is 0 Å². The number of nitrogens with one attached hydrogen (secondary N) is 2. The van der Waals surface area contributed by atoms with Crippen LogP contribution in [0.1, 0.15) is 34.5 Å². The summed E-state index contributed by atoms with van der Waals surface area (Å²) in [5.41, 5.74) is -1.29. The molecular formula is C15H18F3N5O2. The average molecular weight is 357 g/mol. The van der Waals surface area contributed by atoms with Crippen LogP contribution < -0.4 is 10.9 Å². The molecule has 0 saturated heterocycles. The van der Waals surface area contributed by atoms with Gasteiger partial charge in [0, 0.05) is 19.3 Å². The molecule has 0 aliphatic carbocycles. The minimum Gasteiger partial charge on any atom is -0.351 e. The minimum absolute atomic E-state index is 0.0224. The van der Waals surface area contributed by atoms with E-state index in [1.807, 2.05) is 0 Å². The molecule has 0 saturated carbocycles. The lowest BCUT2D eigenvalue weighted by Gasteiger charge is -2.15. The van der Waals surface area contributed by atoms with Crippen molar-refractivity contribution in [2.75, 3.05) is 6.54 Å². The van der Waals surface area contributed by atoms with Crippen molar-refractivity contribution in [1.29, 1.82) is 0 Å². The van der Waals surface area contributed by atoms with Crippen molar-refractivity contribution in [1.82, 2.24) is 25.1 Å². The third kappa shape index (κ3) is 4.68. The average Bonchev–Trinajstić information content (AvgIpc) is 2.85. The van der Waals surface area contributed by atoms with Gasteiger partial charge >= 0.3 is 6.18 Å². The molecule has 0 unspecified atom stereocenters. The lowest BCUT2D eigenvalue weighted by Crippen LogP contribution is -2.34. The van der Waals surface area contributed by atoms with Crippen LogP contribution in [0.3, 0.4) is 0 Å². The molecule has 25 heavy (non-hydrogen) atoms. The first kappa shape index (κ1) is 18.7. The van der Waals surface area contributed by atoms with E-state index in [0.29, 0.717) is 5.82 Å². The Kier molecular flexibility index (Phi) is 5.29. The Balaban J connectivity index is 2.01. The van der Waals surface area contributed by atoms with Crippen molar-refractivity contribution in [3.05, 3.63) is 45.4 Å². The van der Waals surface area contributed by atoms with Crippen LogP contribution >= 0.6 is 0 Å². The molecule has 7 nitrogen and oxygen atoms in total. The zero-order chi connectivity index (χ0) is 18.8. The smallest absolute Gasteiger partial charge is 0.351 e. The second kappa shape index (κ2) is 7.08. The molecule has 2 aromatic heterocycles. The summed E-state index contributed by atoms with van der Waals surface area (Å²) in [6.07, 6.45) is -3.34. The fraction of sp³-hybridized carbons (Fsp3) is 0.467. The molecule has 1 amide bonds. The van der Waals surface area contributed by atoms with Gasteiger partial charge in [-0.15, -0.1) is 0 Å². The van der Waals surface area contributed by atoms with Crippen LogP contribution in [0.5, 0.6) is 0 Å². The van der Waals surface area contributed by atoms with E-state index in [2.05, 4.69) is 20.4 Å². The van der Waals surface area contributed by atoms with Gasteiger partial charge in [-0.05, 0) is 25.8 Å². The summed E-state index contributed by atoms with van der Waals surface area (Å²) in [7, 11) is 0. The van der Waals surface area contributed by atoms with Gasteiger partial charge in [0.25, 0.3) is 11.5 Å². The number of carbonyl (C=O) groups is 1. The fourth-order valence-corrected chi connectivity index (χ4v) is 2.28. The molecule has 0 aromatic carbocycles. The molecule has 0 fully saturated rings. The molecule has 136 valence electrons. The highest BCUT2D eigenvalue weighted by atomic mass is 19.4. The maximum atomic E-state index is 12.9. The number of amides is 1. The second-order valence-electron chi connectivity index (χ2n) is 5.88. The highest BCUT2D eigenvalue weighted by molar-refractivity contribution is 5.93. The number of carbonyl (C=O) groups excluding carboxylic acids is 1. The van der Waals surface area contributed by atoms with Crippen LogP contribution in [0, 0.1) is 19.8 Å². The van der Waals surface area contributed by atoms with Gasteiger partial charge in [-0.25, -0.2) is 4.98 Å². The molecule has 10 heteroatoms. The zero-order valence-corrected chi connectivity index (χ0v) is 13.9. The largest absolute Gasteiger partial charge is 0.433 e. The van der Waals surface area contributed by atoms with Gasteiger partial charge in [-0.3, -0.25) is 14.3 Å². The number of H-pyrrole nitrogens is 1. The molecule has 0 aliphatic heterocycles. The summed E-state index contributed by atoms with van der Waals surface area (Å²) >= 11 is 0. The number of halogens is 3. The lowest BCUT2D eigenvalue weighted by molar-refractivity contribution is -0.144. The van der Waals surface area contributed by atoms with Gasteiger partial charge in [-0.1, -0.05) is 6.92 Å². The van der Waals surface area contributed by atoms with Crippen LogP contribution in [-0.4, -0.2) is 32.2 Å². The van der Waals surface area contributed by atoms with Gasteiger partial charge in [0.2, 0.25) is 0 Å². The molecule has 0 spiro atoms. The number of hydrogen-bond donors (Lipinski definition) is 2. The molecular weight excluding hydrogens is 339 g/mol. The van der Waals surface area contributed by atoms with Crippen LogP contribution in [0.4, 0.5) is 13.2 Å². The molecule has 0 bridgehead atoms. The summed E-state index contributed by atoms with van der Waals surface area (Å²) in [6, 6.07) is 0.975. The normalized spacial score (nSPS) is 12.9. The number of aromatic amines is 1. The van der Waals surface area contributed by atoms with E-state index in [-0.39, 0.29) is 30.3 Å². The standard InChI is InChI=1S/C15H18F3N5O2/c1-8(7-23-12(15(16,17)18)4-9(2)22-23)5-20-13(24)11-6-19-10(3)21-14(11)25/h4,6,8H,5,7H2,1-3H3,(H,20,24)(H,19,21,25)/t8-/m0/s1. The summed E-state index contributed by atoms with van der Waals surface area (Å²) in [5.74, 6) is -0.584. The van der Waals surface area contributed by atoms with E-state index in [1.54, 1.807) is 13.8 Å². The quantitative estimate of drug-likeness (QED) is 0.851. The highest BCUT2D eigenvalue weighted by Crippen LogP contribution is 2.30. The van der Waals surface area contributed by atoms with Crippen LogP contribution in [-0.2, 0) is 12.7 Å². The third-order valence-corrected chi connectivity index (χ3v) is 3.46. The predicted octanol–water partition coefficient (Wildman–Crippen LogP) is 1.67. The SMILES string of the molecule is Cc1cc(C(F)(F)F)n(C[C@@H](C)CNC(=O)c2cnc(C)[nH]c2=O)n1. The Morgan fingerprint density at radius 1 is 1.40 bits per heavy atom. The molecule has 0 radical (unpaired) electrons. The number of rotatable bonds is 5. The van der Waals surface area contributed by atoms with Gasteiger partial charge < -0.3 is 10.3 Å². The summed E-state index contributed by atoms with van der Waals surface area (Å²) in [4.78, 5) is 29.9. The van der Waals surface area contributed by atoms with E-state index in [1.165, 1.54) is 6.92 Å². The molecule has 2 aromatic rings. The maximum absolute atomic E-state index is 12.9. The number of hydrogen-bond acceptors (Lipinski definition) is 4. The van der Waals surface area contributed by atoms with Gasteiger partial charge in [-0.2, -0.15) is 18.3 Å². The van der Waals surface area contributed by atoms with Crippen molar-refractivity contribution in [2.24, 2.45) is 5.92 Å². The topological polar surface area (TPSA) is 92.7 Å². The molecule has 0 aliphatic rings. The first-order valence-electron chi connectivity index (χ1n) is 7.53. The minimum atomic E-state index is -4.49. The molecule has 1 atom stereocenters. The Hall–Kier alpha value is -2.65. The highest BCUT2D eigenvalue weighted by Gasteiger charge is 2.35. The lowest BCUT2D eigenvalue weighted by atomic mass is 10.1. The summed E-state index contributed by atoms with van der Waals surface area (Å²) in [5, 5.41) is 6.37. The summed E-state index contributed by atoms with van der Waals surface area (Å²) in [6.45, 7) is 4.80. The van der Waals surface area contributed by atoms with Crippen molar-refractivity contribution in [3.63, 3.8) is 0 Å². The van der Waals surface area contributed by atoms with Crippen LogP contribution in [0.15, 0.2) is 17.1 Å². The second-order valence-corrected chi connectivity index (χ2v) is 5.88. The Bertz CT molecular complexity index is 825. The van der Waals surface area contributed by atoms with Crippen molar-refractivity contribution >= 4 is 5.91 Å². The van der Waals surface area contributed by atoms with E-state index in [0.717, 1.165) is 16.9 Å². The number of alkyl halides is 3. The number of aryl methyl sites for hydroxylation is 2.